The van der Waals surface area contributed by atoms with E-state index in [2.05, 4.69) is 0 Å². The second kappa shape index (κ2) is 9.06. The molecule has 0 aliphatic carbocycles. The van der Waals surface area contributed by atoms with E-state index in [4.69, 9.17) is 9.73 Å². The molecule has 0 amide bonds. The van der Waals surface area contributed by atoms with Crippen molar-refractivity contribution in [2.75, 3.05) is 0 Å². The smallest absolute Gasteiger partial charge is 0 e. The first-order valence-electron chi connectivity index (χ1n) is 0.494. The molecule has 0 bridgehead atoms. The summed E-state index contributed by atoms with van der Waals surface area (Å²) in [7, 11) is -0.250. The Morgan fingerprint density at radius 2 is 1.75 bits per heavy atom. The Kier molecular flexibility index (Phi) is 20.1. The van der Waals surface area contributed by atoms with Crippen LogP contribution in [0.3, 0.4) is 0 Å². The van der Waals surface area contributed by atoms with E-state index in [9.17, 15) is 0 Å². The van der Waals surface area contributed by atoms with Crippen LogP contribution in [-0.4, -0.2) is 50.1 Å². The van der Waals surface area contributed by atoms with Crippen LogP contribution in [0.5, 0.6) is 0 Å². The summed E-state index contributed by atoms with van der Waals surface area (Å²) in [6.45, 7) is 0. The van der Waals surface area contributed by atoms with Gasteiger partial charge >= 0.3 is 17.1 Å². The van der Waals surface area contributed by atoms with Gasteiger partial charge in [0, 0.05) is 37.7 Å². The van der Waals surface area contributed by atoms with E-state index in [-0.39, 0.29) is 45.1 Å². The molecule has 0 aliphatic heterocycles. The summed E-state index contributed by atoms with van der Waals surface area (Å²) >= 11 is 0. The van der Waals surface area contributed by atoms with E-state index < -0.39 is 0 Å². The van der Waals surface area contributed by atoms with E-state index >= 15 is 0 Å². The molecule has 0 atom stereocenters. The third-order valence-electron chi connectivity index (χ3n) is 0. The zero-order valence-corrected chi connectivity index (χ0v) is 4.35. The van der Waals surface area contributed by atoms with Gasteiger partial charge in [0.05, 0.1) is 0 Å². The summed E-state index contributed by atoms with van der Waals surface area (Å²) < 4.78 is 8.36. The summed E-state index contributed by atoms with van der Waals surface area (Å²) in [5.41, 5.74) is 0. The van der Waals surface area contributed by atoms with E-state index in [0.717, 1.165) is 0 Å². The Balaban J connectivity index is 0. The van der Waals surface area contributed by atoms with Crippen LogP contribution in [0.4, 0.5) is 0 Å². The molecule has 0 spiro atoms. The zero-order valence-electron chi connectivity index (χ0n) is 2.14. The molecule has 0 saturated carbocycles. The molecule has 2 nitrogen and oxygen atoms in total. The molecular formula is HBCaO2. The molecular weight excluding hydrogens is 82.9 g/mol. The Bertz CT molecular complexity index is 13.5. The van der Waals surface area contributed by atoms with Crippen molar-refractivity contribution in [2.24, 2.45) is 0 Å². The van der Waals surface area contributed by atoms with Crippen molar-refractivity contribution in [2.45, 2.75) is 0 Å². The van der Waals surface area contributed by atoms with Gasteiger partial charge in [-0.05, 0) is 0 Å². The van der Waals surface area contributed by atoms with Crippen molar-refractivity contribution in [3.63, 3.8) is 0 Å². The number of hydrogen-bond acceptors (Lipinski definition) is 1. The standard InChI is InChI=1S/BHO2.Ca/c2-1-3;/h2H;. The quantitative estimate of drug-likeness (QED) is 0.365. The minimum absolute atomic E-state index is 0. The molecule has 0 rings (SSSR count). The van der Waals surface area contributed by atoms with Crippen molar-refractivity contribution in [1.82, 2.24) is 0 Å². The molecule has 1 N–H and O–H groups in total. The summed E-state index contributed by atoms with van der Waals surface area (Å²) in [5, 5.41) is 6.89. The fourth-order valence-corrected chi connectivity index (χ4v) is 0. The third-order valence-corrected chi connectivity index (χ3v) is 0. The van der Waals surface area contributed by atoms with Crippen molar-refractivity contribution >= 4 is 45.1 Å². The van der Waals surface area contributed by atoms with E-state index in [0.29, 0.717) is 0 Å². The van der Waals surface area contributed by atoms with Crippen LogP contribution in [0.25, 0.3) is 0 Å². The van der Waals surface area contributed by atoms with Gasteiger partial charge < -0.3 is 0 Å². The largest absolute Gasteiger partial charge is 0 e. The van der Waals surface area contributed by atoms with Crippen LogP contribution < -0.4 is 0 Å². The summed E-state index contributed by atoms with van der Waals surface area (Å²) in [5.74, 6) is 0. The molecule has 4 heteroatoms. The maximum absolute atomic E-state index is 8.36. The van der Waals surface area contributed by atoms with E-state index in [1.54, 1.807) is 0 Å². The summed E-state index contributed by atoms with van der Waals surface area (Å²) in [6.07, 6.45) is 0. The number of rotatable bonds is 0. The second-order valence-corrected chi connectivity index (χ2v) is 0.105. The van der Waals surface area contributed by atoms with Crippen LogP contribution >= 0.6 is 0 Å². The van der Waals surface area contributed by atoms with Gasteiger partial charge in [0.2, 0.25) is 0 Å². The molecule has 2 radical (unpaired) electrons. The van der Waals surface area contributed by atoms with Crippen LogP contribution in [0.15, 0.2) is 0 Å². The monoisotopic (exact) mass is 84.0 g/mol. The minimum Gasteiger partial charge on any atom is 0 e. The Hall–Kier alpha value is 0.925. The normalized spacial score (nSPS) is 2.00. The molecule has 18 valence electrons. The maximum Gasteiger partial charge on any atom is 0 e. The van der Waals surface area contributed by atoms with Crippen LogP contribution in [0, 0.1) is 0 Å². The van der Waals surface area contributed by atoms with Crippen LogP contribution in [0.1, 0.15) is 0 Å². The first-order valence-corrected chi connectivity index (χ1v) is 0.494. The van der Waals surface area contributed by atoms with Crippen molar-refractivity contribution < 1.29 is 9.73 Å². The minimum atomic E-state index is -0.250. The van der Waals surface area contributed by atoms with Gasteiger partial charge in [-0.15, -0.1) is 0 Å². The summed E-state index contributed by atoms with van der Waals surface area (Å²) in [6, 6.07) is 0. The Labute approximate surface area is 54.5 Å². The van der Waals surface area contributed by atoms with Crippen LogP contribution in [0.2, 0.25) is 0 Å². The topological polar surface area (TPSA) is 37.3 Å². The zero-order chi connectivity index (χ0) is 2.71. The third kappa shape index (κ3) is 12.7. The molecule has 0 unspecified atom stereocenters. The number of hydrogen-bond donors (Lipinski definition) is 1. The van der Waals surface area contributed by atoms with Gasteiger partial charge in [0.15, 0.2) is 0 Å². The predicted molar refractivity (Wildman–Crippen MR) is 14.4 cm³/mol. The Morgan fingerprint density at radius 1 is 1.75 bits per heavy atom. The molecule has 0 aromatic rings. The van der Waals surface area contributed by atoms with Gasteiger partial charge in [-0.2, -0.15) is 0 Å². The van der Waals surface area contributed by atoms with Crippen LogP contribution in [-0.2, 0) is 4.70 Å². The molecule has 0 aromatic heterocycles. The molecule has 0 heterocycles. The SMILES string of the molecule is O=BO.[Ca]. The second-order valence-electron chi connectivity index (χ2n) is 0.105. The van der Waals surface area contributed by atoms with Gasteiger partial charge in [-0.25, -0.2) is 0 Å². The van der Waals surface area contributed by atoms with Gasteiger partial charge in [0.25, 0.3) is 0 Å². The molecule has 4 heavy (non-hydrogen) atoms. The Morgan fingerprint density at radius 3 is 1.75 bits per heavy atom. The molecule has 0 aromatic carbocycles. The average Bonchev–Trinajstić information content (AvgIpc) is 0.918. The molecule has 0 aliphatic rings. The van der Waals surface area contributed by atoms with Gasteiger partial charge in [0.1, 0.15) is 0 Å². The van der Waals surface area contributed by atoms with Crippen molar-refractivity contribution in [1.29, 1.82) is 0 Å². The first kappa shape index (κ1) is 8.87. The van der Waals surface area contributed by atoms with E-state index in [1.807, 2.05) is 0 Å². The fraction of sp³-hybridized carbons (Fsp3) is 0. The van der Waals surface area contributed by atoms with Gasteiger partial charge in [-0.3, -0.25) is 0 Å². The first-order chi connectivity index (χ1) is 1.41. The van der Waals surface area contributed by atoms with E-state index in [1.165, 1.54) is 0 Å². The van der Waals surface area contributed by atoms with Crippen molar-refractivity contribution in [3.8, 4) is 0 Å². The van der Waals surface area contributed by atoms with Gasteiger partial charge in [-0.1, -0.05) is 0 Å². The average molecular weight is 83.9 g/mol. The van der Waals surface area contributed by atoms with Crippen molar-refractivity contribution in [3.05, 3.63) is 0 Å². The molecule has 0 fully saturated rings. The predicted octanol–water partition coefficient (Wildman–Crippen LogP) is -1.44. The molecule has 0 saturated heterocycles. The fourth-order valence-electron chi connectivity index (χ4n) is 0. The summed E-state index contributed by atoms with van der Waals surface area (Å²) in [4.78, 5) is 0. The maximum atomic E-state index is 8.36.